The SMILES string of the molecule is Cc1ccc(Cn2cc(C)nc2NC2CCCCC2)cn1. The molecule has 2 heterocycles. The molecular formula is C17H24N4. The number of rotatable bonds is 4. The fraction of sp³-hybridized carbons (Fsp3) is 0.529. The van der Waals surface area contributed by atoms with Crippen molar-refractivity contribution in [2.45, 2.75) is 58.5 Å². The highest BCUT2D eigenvalue weighted by molar-refractivity contribution is 5.32. The molecule has 0 amide bonds. The zero-order valence-corrected chi connectivity index (χ0v) is 13.0. The Labute approximate surface area is 126 Å². The van der Waals surface area contributed by atoms with Gasteiger partial charge in [0.25, 0.3) is 0 Å². The van der Waals surface area contributed by atoms with Crippen LogP contribution in [0.5, 0.6) is 0 Å². The summed E-state index contributed by atoms with van der Waals surface area (Å²) in [5.74, 6) is 1.000. The van der Waals surface area contributed by atoms with Crippen LogP contribution in [0.1, 0.15) is 49.1 Å². The molecule has 1 fully saturated rings. The number of aryl methyl sites for hydroxylation is 2. The summed E-state index contributed by atoms with van der Waals surface area (Å²) in [4.78, 5) is 9.02. The minimum absolute atomic E-state index is 0.579. The highest BCUT2D eigenvalue weighted by atomic mass is 15.2. The minimum Gasteiger partial charge on any atom is -0.353 e. The lowest BCUT2D eigenvalue weighted by molar-refractivity contribution is 0.459. The Bertz CT molecular complexity index is 579. The molecule has 0 unspecified atom stereocenters. The fourth-order valence-corrected chi connectivity index (χ4v) is 3.00. The lowest BCUT2D eigenvalue weighted by Crippen LogP contribution is -2.24. The van der Waals surface area contributed by atoms with Crippen LogP contribution in [-0.2, 0) is 6.54 Å². The first-order chi connectivity index (χ1) is 10.2. The predicted molar refractivity (Wildman–Crippen MR) is 85.5 cm³/mol. The van der Waals surface area contributed by atoms with Crippen molar-refractivity contribution < 1.29 is 0 Å². The second-order valence-corrected chi connectivity index (χ2v) is 6.12. The zero-order chi connectivity index (χ0) is 14.7. The molecule has 2 aromatic rings. The first kappa shape index (κ1) is 14.1. The van der Waals surface area contributed by atoms with Crippen LogP contribution < -0.4 is 5.32 Å². The van der Waals surface area contributed by atoms with Gasteiger partial charge in [-0.05, 0) is 38.3 Å². The first-order valence-corrected chi connectivity index (χ1v) is 7.92. The van der Waals surface area contributed by atoms with Gasteiger partial charge in [-0.25, -0.2) is 4.98 Å². The Morgan fingerprint density at radius 3 is 2.67 bits per heavy atom. The highest BCUT2D eigenvalue weighted by Crippen LogP contribution is 2.22. The first-order valence-electron chi connectivity index (χ1n) is 7.92. The van der Waals surface area contributed by atoms with Gasteiger partial charge in [-0.3, -0.25) is 4.98 Å². The Balaban J connectivity index is 1.73. The topological polar surface area (TPSA) is 42.7 Å². The lowest BCUT2D eigenvalue weighted by Gasteiger charge is -2.23. The maximum absolute atomic E-state index is 4.65. The van der Waals surface area contributed by atoms with Gasteiger partial charge in [0.1, 0.15) is 0 Å². The number of nitrogens with one attached hydrogen (secondary N) is 1. The molecule has 1 N–H and O–H groups in total. The summed E-state index contributed by atoms with van der Waals surface area (Å²) in [5.41, 5.74) is 3.33. The van der Waals surface area contributed by atoms with Crippen molar-refractivity contribution in [1.29, 1.82) is 0 Å². The molecule has 4 nitrogen and oxygen atoms in total. The van der Waals surface area contributed by atoms with E-state index in [1.807, 2.05) is 13.1 Å². The maximum atomic E-state index is 4.65. The number of imidazole rings is 1. The van der Waals surface area contributed by atoms with E-state index in [4.69, 9.17) is 0 Å². The summed E-state index contributed by atoms with van der Waals surface area (Å²) >= 11 is 0. The average Bonchev–Trinajstić information content (AvgIpc) is 2.82. The molecule has 0 spiro atoms. The molecule has 0 aromatic carbocycles. The molecule has 0 radical (unpaired) electrons. The molecule has 0 aliphatic heterocycles. The molecule has 1 saturated carbocycles. The molecule has 21 heavy (non-hydrogen) atoms. The van der Waals surface area contributed by atoms with Crippen LogP contribution in [0, 0.1) is 13.8 Å². The molecule has 0 bridgehead atoms. The standard InChI is InChI=1S/C17H24N4/c1-13-8-9-15(10-18-13)12-21-11-14(2)19-17(21)20-16-6-4-3-5-7-16/h8-11,16H,3-7,12H2,1-2H3,(H,19,20). The van der Waals surface area contributed by atoms with Gasteiger partial charge >= 0.3 is 0 Å². The lowest BCUT2D eigenvalue weighted by atomic mass is 9.96. The maximum Gasteiger partial charge on any atom is 0.203 e. The van der Waals surface area contributed by atoms with Crippen molar-refractivity contribution in [2.24, 2.45) is 0 Å². The average molecular weight is 284 g/mol. The van der Waals surface area contributed by atoms with Crippen LogP contribution in [0.25, 0.3) is 0 Å². The van der Waals surface area contributed by atoms with E-state index in [0.717, 1.165) is 23.9 Å². The Kier molecular flexibility index (Phi) is 4.23. The minimum atomic E-state index is 0.579. The van der Waals surface area contributed by atoms with Crippen molar-refractivity contribution in [1.82, 2.24) is 14.5 Å². The summed E-state index contributed by atoms with van der Waals surface area (Å²) in [6.07, 6.45) is 10.6. The molecule has 2 aromatic heterocycles. The van der Waals surface area contributed by atoms with Crippen LogP contribution in [0.4, 0.5) is 5.95 Å². The Morgan fingerprint density at radius 2 is 1.95 bits per heavy atom. The van der Waals surface area contributed by atoms with Gasteiger partial charge < -0.3 is 9.88 Å². The van der Waals surface area contributed by atoms with Crippen molar-refractivity contribution in [3.05, 3.63) is 41.5 Å². The molecule has 0 saturated heterocycles. The smallest absolute Gasteiger partial charge is 0.203 e. The predicted octanol–water partition coefficient (Wildman–Crippen LogP) is 3.69. The van der Waals surface area contributed by atoms with E-state index in [2.05, 4.69) is 45.1 Å². The third-order valence-electron chi connectivity index (χ3n) is 4.16. The fourth-order valence-electron chi connectivity index (χ4n) is 3.00. The van der Waals surface area contributed by atoms with Gasteiger partial charge in [-0.15, -0.1) is 0 Å². The van der Waals surface area contributed by atoms with Gasteiger partial charge in [-0.1, -0.05) is 25.3 Å². The van der Waals surface area contributed by atoms with E-state index < -0.39 is 0 Å². The second kappa shape index (κ2) is 6.29. The molecule has 1 aliphatic rings. The number of hydrogen-bond acceptors (Lipinski definition) is 3. The Hall–Kier alpha value is -1.84. The Morgan fingerprint density at radius 1 is 1.14 bits per heavy atom. The van der Waals surface area contributed by atoms with E-state index in [1.165, 1.54) is 37.7 Å². The zero-order valence-electron chi connectivity index (χ0n) is 13.0. The van der Waals surface area contributed by atoms with Crippen molar-refractivity contribution in [3.8, 4) is 0 Å². The number of pyridine rings is 1. The number of hydrogen-bond donors (Lipinski definition) is 1. The van der Waals surface area contributed by atoms with Crippen LogP contribution in [0.3, 0.4) is 0 Å². The van der Waals surface area contributed by atoms with Gasteiger partial charge in [0.15, 0.2) is 0 Å². The summed E-state index contributed by atoms with van der Waals surface area (Å²) in [5, 5.41) is 3.63. The highest BCUT2D eigenvalue weighted by Gasteiger charge is 2.16. The number of nitrogens with zero attached hydrogens (tertiary/aromatic N) is 3. The molecular weight excluding hydrogens is 260 g/mol. The van der Waals surface area contributed by atoms with Crippen LogP contribution in [0.2, 0.25) is 0 Å². The number of anilines is 1. The van der Waals surface area contributed by atoms with E-state index in [9.17, 15) is 0 Å². The summed E-state index contributed by atoms with van der Waals surface area (Å²) in [7, 11) is 0. The molecule has 4 heteroatoms. The van der Waals surface area contributed by atoms with Gasteiger partial charge in [0.05, 0.1) is 12.2 Å². The molecule has 112 valence electrons. The third kappa shape index (κ3) is 3.63. The summed E-state index contributed by atoms with van der Waals surface area (Å²) in [6, 6.07) is 4.78. The monoisotopic (exact) mass is 284 g/mol. The number of aromatic nitrogens is 3. The largest absolute Gasteiger partial charge is 0.353 e. The van der Waals surface area contributed by atoms with Gasteiger partial charge in [-0.2, -0.15) is 0 Å². The van der Waals surface area contributed by atoms with E-state index in [0.29, 0.717) is 6.04 Å². The summed E-state index contributed by atoms with van der Waals surface area (Å²) < 4.78 is 2.20. The second-order valence-electron chi connectivity index (χ2n) is 6.12. The van der Waals surface area contributed by atoms with Gasteiger partial charge in [0.2, 0.25) is 5.95 Å². The van der Waals surface area contributed by atoms with Crippen LogP contribution in [0.15, 0.2) is 24.5 Å². The van der Waals surface area contributed by atoms with Crippen LogP contribution in [-0.4, -0.2) is 20.6 Å². The van der Waals surface area contributed by atoms with E-state index in [-0.39, 0.29) is 0 Å². The molecule has 1 aliphatic carbocycles. The summed E-state index contributed by atoms with van der Waals surface area (Å²) in [6.45, 7) is 4.89. The third-order valence-corrected chi connectivity index (χ3v) is 4.16. The normalized spacial score (nSPS) is 16.1. The van der Waals surface area contributed by atoms with Crippen LogP contribution >= 0.6 is 0 Å². The van der Waals surface area contributed by atoms with Crippen molar-refractivity contribution in [2.75, 3.05) is 5.32 Å². The molecule has 3 rings (SSSR count). The molecule has 0 atom stereocenters. The quantitative estimate of drug-likeness (QED) is 0.931. The van der Waals surface area contributed by atoms with E-state index >= 15 is 0 Å². The van der Waals surface area contributed by atoms with Gasteiger partial charge in [0, 0.05) is 24.1 Å². The van der Waals surface area contributed by atoms with Crippen molar-refractivity contribution in [3.63, 3.8) is 0 Å². The van der Waals surface area contributed by atoms with Crippen molar-refractivity contribution >= 4 is 5.95 Å². The van der Waals surface area contributed by atoms with E-state index in [1.54, 1.807) is 0 Å².